The van der Waals surface area contributed by atoms with E-state index < -0.39 is 5.97 Å². The van der Waals surface area contributed by atoms with Gasteiger partial charge in [-0.05, 0) is 17.7 Å². The van der Waals surface area contributed by atoms with E-state index in [0.29, 0.717) is 11.5 Å². The predicted octanol–water partition coefficient (Wildman–Crippen LogP) is 3.31. The fourth-order valence-electron chi connectivity index (χ4n) is 2.47. The molecule has 0 radical (unpaired) electrons. The summed E-state index contributed by atoms with van der Waals surface area (Å²) in [5, 5.41) is 9.25. The summed E-state index contributed by atoms with van der Waals surface area (Å²) in [6, 6.07) is 15.0. The highest BCUT2D eigenvalue weighted by atomic mass is 16.5. The standard InChI is InChI=1S/C17H18O4/c1-20-14-9-6-10-15(21-2)17(14)13(11-16(18)19)12-7-4-3-5-8-12/h3-10,13H,11H2,1-2H3,(H,18,19). The fraction of sp³-hybridized carbons (Fsp3) is 0.235. The van der Waals surface area contributed by atoms with Crippen molar-refractivity contribution in [2.24, 2.45) is 0 Å². The van der Waals surface area contributed by atoms with Gasteiger partial charge in [-0.25, -0.2) is 0 Å². The van der Waals surface area contributed by atoms with Crippen molar-refractivity contribution in [3.63, 3.8) is 0 Å². The number of carbonyl (C=O) groups is 1. The van der Waals surface area contributed by atoms with E-state index in [1.807, 2.05) is 48.5 Å². The molecule has 4 heteroatoms. The Kier molecular flexibility index (Phi) is 4.82. The Morgan fingerprint density at radius 2 is 1.57 bits per heavy atom. The molecule has 4 nitrogen and oxygen atoms in total. The lowest BCUT2D eigenvalue weighted by atomic mass is 9.87. The van der Waals surface area contributed by atoms with Crippen molar-refractivity contribution in [3.8, 4) is 11.5 Å². The third-order valence-electron chi connectivity index (χ3n) is 3.40. The highest BCUT2D eigenvalue weighted by Crippen LogP contribution is 2.40. The molecule has 0 spiro atoms. The topological polar surface area (TPSA) is 55.8 Å². The number of ether oxygens (including phenoxy) is 2. The van der Waals surface area contributed by atoms with Gasteiger partial charge in [0, 0.05) is 11.5 Å². The van der Waals surface area contributed by atoms with Crippen LogP contribution < -0.4 is 9.47 Å². The van der Waals surface area contributed by atoms with Crippen molar-refractivity contribution in [1.29, 1.82) is 0 Å². The van der Waals surface area contributed by atoms with Crippen LogP contribution in [0, 0.1) is 0 Å². The average Bonchev–Trinajstić information content (AvgIpc) is 2.52. The van der Waals surface area contributed by atoms with Crippen LogP contribution in [0.15, 0.2) is 48.5 Å². The molecule has 1 N–H and O–H groups in total. The van der Waals surface area contributed by atoms with Crippen LogP contribution in [0.4, 0.5) is 0 Å². The zero-order valence-electron chi connectivity index (χ0n) is 12.1. The molecule has 1 unspecified atom stereocenters. The van der Waals surface area contributed by atoms with Crippen LogP contribution in [0.25, 0.3) is 0 Å². The van der Waals surface area contributed by atoms with Crippen LogP contribution in [0.3, 0.4) is 0 Å². The summed E-state index contributed by atoms with van der Waals surface area (Å²) in [6.07, 6.45) is -0.0270. The second-order valence-corrected chi connectivity index (χ2v) is 4.64. The average molecular weight is 286 g/mol. The van der Waals surface area contributed by atoms with E-state index in [9.17, 15) is 9.90 Å². The molecule has 2 aromatic rings. The maximum Gasteiger partial charge on any atom is 0.304 e. The van der Waals surface area contributed by atoms with Crippen LogP contribution in [-0.4, -0.2) is 25.3 Å². The number of aliphatic carboxylic acids is 1. The quantitative estimate of drug-likeness (QED) is 0.885. The minimum Gasteiger partial charge on any atom is -0.496 e. The Morgan fingerprint density at radius 1 is 1.00 bits per heavy atom. The van der Waals surface area contributed by atoms with Gasteiger partial charge in [0.1, 0.15) is 11.5 Å². The predicted molar refractivity (Wildman–Crippen MR) is 80.1 cm³/mol. The smallest absolute Gasteiger partial charge is 0.304 e. The number of rotatable bonds is 6. The van der Waals surface area contributed by atoms with Gasteiger partial charge in [0.2, 0.25) is 0 Å². The van der Waals surface area contributed by atoms with Crippen LogP contribution in [0.2, 0.25) is 0 Å². The Bertz CT molecular complexity index is 585. The van der Waals surface area contributed by atoms with Crippen molar-refractivity contribution in [2.75, 3.05) is 14.2 Å². The van der Waals surface area contributed by atoms with E-state index in [2.05, 4.69) is 0 Å². The van der Waals surface area contributed by atoms with Gasteiger partial charge in [0.25, 0.3) is 0 Å². The third-order valence-corrected chi connectivity index (χ3v) is 3.40. The molecule has 0 amide bonds. The van der Waals surface area contributed by atoms with Crippen LogP contribution in [0.5, 0.6) is 11.5 Å². The molecular formula is C17H18O4. The first kappa shape index (κ1) is 14.9. The summed E-state index contributed by atoms with van der Waals surface area (Å²) in [5.41, 5.74) is 1.68. The summed E-state index contributed by atoms with van der Waals surface area (Å²) >= 11 is 0. The minimum atomic E-state index is -0.864. The molecule has 2 aromatic carbocycles. The zero-order valence-corrected chi connectivity index (χ0v) is 12.1. The first-order valence-corrected chi connectivity index (χ1v) is 6.65. The normalized spacial score (nSPS) is 11.7. The maximum atomic E-state index is 11.3. The molecule has 0 heterocycles. The third kappa shape index (κ3) is 3.34. The van der Waals surface area contributed by atoms with E-state index in [1.165, 1.54) is 0 Å². The molecule has 0 aliphatic heterocycles. The molecule has 0 fully saturated rings. The highest BCUT2D eigenvalue weighted by molar-refractivity contribution is 5.70. The molecule has 110 valence electrons. The van der Waals surface area contributed by atoms with E-state index in [1.54, 1.807) is 14.2 Å². The summed E-state index contributed by atoms with van der Waals surface area (Å²) in [7, 11) is 3.14. The Hall–Kier alpha value is -2.49. The monoisotopic (exact) mass is 286 g/mol. The lowest BCUT2D eigenvalue weighted by Crippen LogP contribution is -2.10. The largest absolute Gasteiger partial charge is 0.496 e. The van der Waals surface area contributed by atoms with Gasteiger partial charge in [0.15, 0.2) is 0 Å². The van der Waals surface area contributed by atoms with E-state index in [4.69, 9.17) is 9.47 Å². The van der Waals surface area contributed by atoms with Gasteiger partial charge in [-0.2, -0.15) is 0 Å². The van der Waals surface area contributed by atoms with Gasteiger partial charge in [-0.3, -0.25) is 4.79 Å². The molecule has 0 bridgehead atoms. The number of carboxylic acid groups (broad SMARTS) is 1. The number of hydrogen-bond donors (Lipinski definition) is 1. The van der Waals surface area contributed by atoms with E-state index in [-0.39, 0.29) is 12.3 Å². The van der Waals surface area contributed by atoms with Gasteiger partial charge in [0.05, 0.1) is 20.6 Å². The first-order valence-electron chi connectivity index (χ1n) is 6.65. The lowest BCUT2D eigenvalue weighted by molar-refractivity contribution is -0.137. The van der Waals surface area contributed by atoms with Gasteiger partial charge in [-0.1, -0.05) is 36.4 Å². The van der Waals surface area contributed by atoms with Gasteiger partial charge >= 0.3 is 5.97 Å². The molecule has 0 saturated heterocycles. The van der Waals surface area contributed by atoms with Crippen molar-refractivity contribution in [3.05, 3.63) is 59.7 Å². The minimum absolute atomic E-state index is 0.0270. The van der Waals surface area contributed by atoms with Gasteiger partial charge in [-0.15, -0.1) is 0 Å². The maximum absolute atomic E-state index is 11.3. The Morgan fingerprint density at radius 3 is 2.05 bits per heavy atom. The second kappa shape index (κ2) is 6.79. The zero-order chi connectivity index (χ0) is 15.2. The summed E-state index contributed by atoms with van der Waals surface area (Å²) < 4.78 is 10.8. The van der Waals surface area contributed by atoms with Crippen LogP contribution >= 0.6 is 0 Å². The van der Waals surface area contributed by atoms with E-state index >= 15 is 0 Å². The number of hydrogen-bond acceptors (Lipinski definition) is 3. The molecule has 0 aliphatic rings. The molecule has 0 aromatic heterocycles. The molecule has 1 atom stereocenters. The number of methoxy groups -OCH3 is 2. The van der Waals surface area contributed by atoms with Gasteiger partial charge < -0.3 is 14.6 Å². The van der Waals surface area contributed by atoms with Crippen molar-refractivity contribution in [2.45, 2.75) is 12.3 Å². The molecule has 21 heavy (non-hydrogen) atoms. The lowest BCUT2D eigenvalue weighted by Gasteiger charge is -2.21. The van der Waals surface area contributed by atoms with Crippen molar-refractivity contribution >= 4 is 5.97 Å². The Balaban J connectivity index is 2.58. The summed E-state index contributed by atoms with van der Waals surface area (Å²) in [6.45, 7) is 0. The number of carboxylic acids is 1. The molecule has 0 aliphatic carbocycles. The van der Waals surface area contributed by atoms with Crippen molar-refractivity contribution < 1.29 is 19.4 Å². The molecular weight excluding hydrogens is 268 g/mol. The fourth-order valence-corrected chi connectivity index (χ4v) is 2.47. The Labute approximate surface area is 123 Å². The molecule has 2 rings (SSSR count). The SMILES string of the molecule is COc1cccc(OC)c1C(CC(=O)O)c1ccccc1. The van der Waals surface area contributed by atoms with Crippen LogP contribution in [-0.2, 0) is 4.79 Å². The molecule has 0 saturated carbocycles. The first-order chi connectivity index (χ1) is 10.2. The summed E-state index contributed by atoms with van der Waals surface area (Å²) in [5.74, 6) is 0.0699. The van der Waals surface area contributed by atoms with Crippen molar-refractivity contribution in [1.82, 2.24) is 0 Å². The second-order valence-electron chi connectivity index (χ2n) is 4.64. The number of benzene rings is 2. The van der Waals surface area contributed by atoms with E-state index in [0.717, 1.165) is 11.1 Å². The van der Waals surface area contributed by atoms with Crippen LogP contribution in [0.1, 0.15) is 23.5 Å². The highest BCUT2D eigenvalue weighted by Gasteiger charge is 2.24. The summed E-state index contributed by atoms with van der Waals surface area (Å²) in [4.78, 5) is 11.3.